The molecule has 0 aliphatic carbocycles. The minimum atomic E-state index is -0.314. The number of carbonyl (C=O) groups excluding carboxylic acids is 2. The molecule has 2 aromatic rings. The van der Waals surface area contributed by atoms with Gasteiger partial charge in [0.05, 0.1) is 7.11 Å². The Kier molecular flexibility index (Phi) is 7.01. The number of rotatable bonds is 8. The van der Waals surface area contributed by atoms with Crippen LogP contribution in [0.1, 0.15) is 24.5 Å². The number of methoxy groups -OCH3 is 1. The van der Waals surface area contributed by atoms with E-state index in [9.17, 15) is 9.59 Å². The molecule has 2 amide bonds. The molecule has 0 unspecified atom stereocenters. The van der Waals surface area contributed by atoms with E-state index < -0.39 is 0 Å². The fourth-order valence-electron chi connectivity index (χ4n) is 2.38. The van der Waals surface area contributed by atoms with E-state index in [-0.39, 0.29) is 18.2 Å². The first-order valence-corrected chi connectivity index (χ1v) is 8.39. The summed E-state index contributed by atoms with van der Waals surface area (Å²) < 4.78 is 5.10. The number of ether oxygens (including phenoxy) is 1. The Labute approximate surface area is 148 Å². The SMILES string of the molecule is CCc1ccc(NC(=O)CC(=O)NCCc2ccc(OC)cc2)cc1. The molecule has 2 rings (SSSR count). The van der Waals surface area contributed by atoms with Crippen molar-refractivity contribution in [3.8, 4) is 5.75 Å². The summed E-state index contributed by atoms with van der Waals surface area (Å²) in [6.45, 7) is 2.56. The number of benzene rings is 2. The van der Waals surface area contributed by atoms with Crippen LogP contribution in [0.5, 0.6) is 5.75 Å². The number of hydrogen-bond acceptors (Lipinski definition) is 3. The first-order valence-electron chi connectivity index (χ1n) is 8.39. The second kappa shape index (κ2) is 9.47. The Morgan fingerprint density at radius 2 is 1.56 bits per heavy atom. The first-order chi connectivity index (χ1) is 12.1. The van der Waals surface area contributed by atoms with E-state index in [0.29, 0.717) is 18.7 Å². The van der Waals surface area contributed by atoms with E-state index in [1.165, 1.54) is 5.56 Å². The van der Waals surface area contributed by atoms with Gasteiger partial charge in [0.15, 0.2) is 0 Å². The van der Waals surface area contributed by atoms with Crippen molar-refractivity contribution in [3.05, 3.63) is 59.7 Å². The van der Waals surface area contributed by atoms with Gasteiger partial charge in [0.2, 0.25) is 11.8 Å². The predicted octanol–water partition coefficient (Wildman–Crippen LogP) is 2.95. The summed E-state index contributed by atoms with van der Waals surface area (Å²) in [7, 11) is 1.62. The van der Waals surface area contributed by atoms with Gasteiger partial charge < -0.3 is 15.4 Å². The molecule has 0 aliphatic rings. The Morgan fingerprint density at radius 3 is 2.16 bits per heavy atom. The number of hydrogen-bond donors (Lipinski definition) is 2. The average molecular weight is 340 g/mol. The lowest BCUT2D eigenvalue weighted by molar-refractivity contribution is -0.126. The van der Waals surface area contributed by atoms with Gasteiger partial charge in [0.25, 0.3) is 0 Å². The van der Waals surface area contributed by atoms with Crippen LogP contribution < -0.4 is 15.4 Å². The molecule has 132 valence electrons. The molecule has 0 bridgehead atoms. The van der Waals surface area contributed by atoms with Crippen molar-refractivity contribution in [1.29, 1.82) is 0 Å². The van der Waals surface area contributed by atoms with Crippen molar-refractivity contribution >= 4 is 17.5 Å². The Bertz CT molecular complexity index is 694. The number of amides is 2. The lowest BCUT2D eigenvalue weighted by Gasteiger charge is -2.08. The Balaban J connectivity index is 1.70. The van der Waals surface area contributed by atoms with Gasteiger partial charge in [-0.3, -0.25) is 9.59 Å². The largest absolute Gasteiger partial charge is 0.497 e. The van der Waals surface area contributed by atoms with Crippen LogP contribution >= 0.6 is 0 Å². The second-order valence-electron chi connectivity index (χ2n) is 5.72. The topological polar surface area (TPSA) is 67.4 Å². The van der Waals surface area contributed by atoms with Gasteiger partial charge in [0.1, 0.15) is 12.2 Å². The van der Waals surface area contributed by atoms with E-state index in [1.807, 2.05) is 48.5 Å². The molecular weight excluding hydrogens is 316 g/mol. The third kappa shape index (κ3) is 6.30. The van der Waals surface area contributed by atoms with Crippen molar-refractivity contribution in [2.45, 2.75) is 26.2 Å². The lowest BCUT2D eigenvalue weighted by Crippen LogP contribution is -2.29. The van der Waals surface area contributed by atoms with Crippen LogP contribution in [0.2, 0.25) is 0 Å². The third-order valence-electron chi connectivity index (χ3n) is 3.86. The first kappa shape index (κ1) is 18.5. The molecule has 0 aromatic heterocycles. The minimum Gasteiger partial charge on any atom is -0.497 e. The van der Waals surface area contributed by atoms with Crippen LogP contribution in [0.3, 0.4) is 0 Å². The predicted molar refractivity (Wildman–Crippen MR) is 98.8 cm³/mol. The van der Waals surface area contributed by atoms with E-state index in [1.54, 1.807) is 7.11 Å². The number of anilines is 1. The lowest BCUT2D eigenvalue weighted by atomic mass is 10.1. The zero-order chi connectivity index (χ0) is 18.1. The molecule has 0 heterocycles. The summed E-state index contributed by atoms with van der Waals surface area (Å²) in [4.78, 5) is 23.7. The smallest absolute Gasteiger partial charge is 0.233 e. The van der Waals surface area contributed by atoms with Crippen LogP contribution in [0, 0.1) is 0 Å². The number of carbonyl (C=O) groups is 2. The van der Waals surface area contributed by atoms with Gasteiger partial charge in [-0.15, -0.1) is 0 Å². The van der Waals surface area contributed by atoms with E-state index in [4.69, 9.17) is 4.74 Å². The van der Waals surface area contributed by atoms with Crippen LogP contribution in [0.15, 0.2) is 48.5 Å². The van der Waals surface area contributed by atoms with Crippen LogP contribution in [-0.4, -0.2) is 25.5 Å². The summed E-state index contributed by atoms with van der Waals surface area (Å²) in [5, 5.41) is 5.49. The monoisotopic (exact) mass is 340 g/mol. The van der Waals surface area contributed by atoms with Gasteiger partial charge in [-0.1, -0.05) is 31.2 Å². The van der Waals surface area contributed by atoms with Crippen molar-refractivity contribution in [2.24, 2.45) is 0 Å². The molecule has 25 heavy (non-hydrogen) atoms. The maximum Gasteiger partial charge on any atom is 0.233 e. The van der Waals surface area contributed by atoms with Gasteiger partial charge in [0, 0.05) is 12.2 Å². The van der Waals surface area contributed by atoms with Crippen LogP contribution in [0.25, 0.3) is 0 Å². The summed E-state index contributed by atoms with van der Waals surface area (Å²) in [6.07, 6.45) is 1.47. The Hall–Kier alpha value is -2.82. The standard InChI is InChI=1S/C20H24N2O3/c1-3-15-4-8-17(9-5-15)22-20(24)14-19(23)21-13-12-16-6-10-18(25-2)11-7-16/h4-11H,3,12-14H2,1-2H3,(H,21,23)(H,22,24). The summed E-state index contributed by atoms with van der Waals surface area (Å²) >= 11 is 0. The van der Waals surface area contributed by atoms with E-state index in [0.717, 1.165) is 17.7 Å². The molecule has 0 fully saturated rings. The van der Waals surface area contributed by atoms with E-state index in [2.05, 4.69) is 17.6 Å². The minimum absolute atomic E-state index is 0.182. The quantitative estimate of drug-likeness (QED) is 0.726. The molecule has 5 nitrogen and oxygen atoms in total. The van der Waals surface area contributed by atoms with Crippen molar-refractivity contribution < 1.29 is 14.3 Å². The van der Waals surface area contributed by atoms with Gasteiger partial charge in [-0.2, -0.15) is 0 Å². The molecular formula is C20H24N2O3. The van der Waals surface area contributed by atoms with Gasteiger partial charge >= 0.3 is 0 Å². The fraction of sp³-hybridized carbons (Fsp3) is 0.300. The maximum absolute atomic E-state index is 11.9. The maximum atomic E-state index is 11.9. The molecule has 0 spiro atoms. The van der Waals surface area contributed by atoms with Crippen LogP contribution in [0.4, 0.5) is 5.69 Å². The molecule has 0 saturated heterocycles. The highest BCUT2D eigenvalue weighted by molar-refractivity contribution is 6.03. The highest BCUT2D eigenvalue weighted by atomic mass is 16.5. The summed E-state index contributed by atoms with van der Waals surface area (Å²) in [5.41, 5.74) is 3.00. The summed E-state index contributed by atoms with van der Waals surface area (Å²) in [5.74, 6) is 0.207. The zero-order valence-electron chi connectivity index (χ0n) is 14.7. The highest BCUT2D eigenvalue weighted by Crippen LogP contribution is 2.12. The van der Waals surface area contributed by atoms with Crippen LogP contribution in [-0.2, 0) is 22.4 Å². The molecule has 2 N–H and O–H groups in total. The van der Waals surface area contributed by atoms with Gasteiger partial charge in [-0.25, -0.2) is 0 Å². The van der Waals surface area contributed by atoms with E-state index >= 15 is 0 Å². The van der Waals surface area contributed by atoms with Crippen molar-refractivity contribution in [1.82, 2.24) is 5.32 Å². The molecule has 0 atom stereocenters. The fourth-order valence-corrected chi connectivity index (χ4v) is 2.38. The molecule has 0 saturated carbocycles. The molecule has 0 radical (unpaired) electrons. The average Bonchev–Trinajstić information content (AvgIpc) is 2.63. The van der Waals surface area contributed by atoms with Crippen molar-refractivity contribution in [3.63, 3.8) is 0 Å². The highest BCUT2D eigenvalue weighted by Gasteiger charge is 2.09. The molecule has 5 heteroatoms. The molecule has 0 aliphatic heterocycles. The zero-order valence-corrected chi connectivity index (χ0v) is 14.7. The number of aryl methyl sites for hydroxylation is 1. The second-order valence-corrected chi connectivity index (χ2v) is 5.72. The normalized spacial score (nSPS) is 10.2. The Morgan fingerprint density at radius 1 is 0.920 bits per heavy atom. The third-order valence-corrected chi connectivity index (χ3v) is 3.86. The summed E-state index contributed by atoms with van der Waals surface area (Å²) in [6, 6.07) is 15.3. The van der Waals surface area contributed by atoms with Gasteiger partial charge in [-0.05, 0) is 48.2 Å². The van der Waals surface area contributed by atoms with Crippen molar-refractivity contribution in [2.75, 3.05) is 19.0 Å². The number of nitrogens with one attached hydrogen (secondary N) is 2. The molecule has 2 aromatic carbocycles.